The molecule has 0 saturated heterocycles. The van der Waals surface area contributed by atoms with Gasteiger partial charge in [0.1, 0.15) is 0 Å². The number of rotatable bonds is 1. The van der Waals surface area contributed by atoms with Crippen LogP contribution in [0.1, 0.15) is 0 Å². The lowest BCUT2D eigenvalue weighted by Gasteiger charge is -1.98. The lowest BCUT2D eigenvalue weighted by Crippen LogP contribution is -1.73. The summed E-state index contributed by atoms with van der Waals surface area (Å²) in [5.74, 6) is 0. The van der Waals surface area contributed by atoms with E-state index in [0.717, 1.165) is 0 Å². The van der Waals surface area contributed by atoms with Crippen molar-refractivity contribution in [1.82, 2.24) is 0 Å². The summed E-state index contributed by atoms with van der Waals surface area (Å²) in [6, 6.07) is 20.8. The maximum Gasteiger partial charge on any atom is -0.0184 e. The number of hydrogen-bond acceptors (Lipinski definition) is 0. The summed E-state index contributed by atoms with van der Waals surface area (Å²) in [6.07, 6.45) is 0. The molecule has 0 atom stereocenters. The third-order valence-corrected chi connectivity index (χ3v) is 1.88. The van der Waals surface area contributed by atoms with Crippen LogP contribution in [0.3, 0.4) is 0 Å². The second kappa shape index (κ2) is 13.6. The number of halogens is 4. The molecular weight excluding hydrogens is 302 g/mol. The second-order valence-electron chi connectivity index (χ2n) is 2.73. The van der Waals surface area contributed by atoms with Crippen LogP contribution in [0.15, 0.2) is 60.7 Å². The van der Waals surface area contributed by atoms with Crippen LogP contribution >= 0.6 is 49.6 Å². The number of hydrogen-bond donors (Lipinski definition) is 0. The molecule has 0 saturated carbocycles. The molecular formula is C12H16Cl4O. The highest BCUT2D eigenvalue weighted by Crippen LogP contribution is 2.17. The van der Waals surface area contributed by atoms with Crippen LogP contribution in [0.5, 0.6) is 0 Å². The standard InChI is InChI=1S/C12H10.4ClH.H2O/c1-3-7-11(8-4-1)12-9-5-2-6-10-12;;;;;/h1-10H;4*1H;1H2. The highest BCUT2D eigenvalue weighted by atomic mass is 35.5. The van der Waals surface area contributed by atoms with E-state index >= 15 is 0 Å². The molecule has 0 heterocycles. The van der Waals surface area contributed by atoms with E-state index in [9.17, 15) is 0 Å². The van der Waals surface area contributed by atoms with Crippen molar-refractivity contribution in [2.75, 3.05) is 0 Å². The summed E-state index contributed by atoms with van der Waals surface area (Å²) >= 11 is 0. The molecule has 2 rings (SSSR count). The summed E-state index contributed by atoms with van der Waals surface area (Å²) in [7, 11) is 0. The third-order valence-electron chi connectivity index (χ3n) is 1.88. The van der Waals surface area contributed by atoms with Gasteiger partial charge in [0.25, 0.3) is 0 Å². The van der Waals surface area contributed by atoms with Crippen LogP contribution < -0.4 is 0 Å². The normalized spacial score (nSPS) is 6.82. The molecule has 17 heavy (non-hydrogen) atoms. The number of benzene rings is 2. The van der Waals surface area contributed by atoms with Crippen LogP contribution in [-0.4, -0.2) is 5.48 Å². The Kier molecular flexibility index (Phi) is 20.4. The maximum atomic E-state index is 2.12. The average Bonchev–Trinajstić information content (AvgIpc) is 2.21. The Labute approximate surface area is 127 Å². The second-order valence-corrected chi connectivity index (χ2v) is 2.73. The smallest absolute Gasteiger partial charge is 0.0184 e. The first kappa shape index (κ1) is 25.4. The summed E-state index contributed by atoms with van der Waals surface area (Å²) in [4.78, 5) is 0. The molecule has 5 heteroatoms. The lowest BCUT2D eigenvalue weighted by molar-refractivity contribution is 0.824. The van der Waals surface area contributed by atoms with E-state index in [1.165, 1.54) is 11.1 Å². The molecule has 0 fully saturated rings. The summed E-state index contributed by atoms with van der Waals surface area (Å²) < 4.78 is 0. The van der Waals surface area contributed by atoms with Crippen molar-refractivity contribution in [1.29, 1.82) is 0 Å². The summed E-state index contributed by atoms with van der Waals surface area (Å²) in [6.45, 7) is 0. The molecule has 0 aliphatic rings. The van der Waals surface area contributed by atoms with Gasteiger partial charge in [-0.2, -0.15) is 0 Å². The van der Waals surface area contributed by atoms with Crippen LogP contribution in [-0.2, 0) is 0 Å². The summed E-state index contributed by atoms with van der Waals surface area (Å²) in [5, 5.41) is 0. The Balaban J connectivity index is -0.000000169. The SMILES string of the molecule is Cl.Cl.Cl.Cl.O.c1ccc(-c2ccccc2)cc1. The van der Waals surface area contributed by atoms with Crippen molar-refractivity contribution in [3.63, 3.8) is 0 Å². The molecule has 2 aromatic carbocycles. The maximum absolute atomic E-state index is 2.12. The fraction of sp³-hybridized carbons (Fsp3) is 0. The van der Waals surface area contributed by atoms with Crippen LogP contribution in [0.2, 0.25) is 0 Å². The van der Waals surface area contributed by atoms with Crippen molar-refractivity contribution < 1.29 is 5.48 Å². The van der Waals surface area contributed by atoms with Crippen LogP contribution in [0, 0.1) is 0 Å². The van der Waals surface area contributed by atoms with Gasteiger partial charge in [-0.1, -0.05) is 60.7 Å². The van der Waals surface area contributed by atoms with Gasteiger partial charge < -0.3 is 5.48 Å². The zero-order chi connectivity index (χ0) is 8.23. The fourth-order valence-electron chi connectivity index (χ4n) is 1.26. The van der Waals surface area contributed by atoms with Crippen LogP contribution in [0.25, 0.3) is 11.1 Å². The Morgan fingerprint density at radius 1 is 0.412 bits per heavy atom. The van der Waals surface area contributed by atoms with E-state index in [-0.39, 0.29) is 55.1 Å². The molecule has 0 unspecified atom stereocenters. The first-order valence-corrected chi connectivity index (χ1v) is 4.07. The Bertz CT molecular complexity index is 316. The largest absolute Gasteiger partial charge is 0.412 e. The van der Waals surface area contributed by atoms with Crippen molar-refractivity contribution in [2.24, 2.45) is 0 Å². The van der Waals surface area contributed by atoms with Crippen molar-refractivity contribution in [3.8, 4) is 11.1 Å². The predicted molar refractivity (Wildman–Crippen MR) is 84.5 cm³/mol. The van der Waals surface area contributed by atoms with E-state index < -0.39 is 0 Å². The first-order chi connectivity index (χ1) is 5.97. The van der Waals surface area contributed by atoms with Gasteiger partial charge >= 0.3 is 0 Å². The van der Waals surface area contributed by atoms with E-state index in [4.69, 9.17) is 0 Å². The van der Waals surface area contributed by atoms with Gasteiger partial charge in [0.15, 0.2) is 0 Å². The topological polar surface area (TPSA) is 31.5 Å². The fourth-order valence-corrected chi connectivity index (χ4v) is 1.26. The molecule has 0 aromatic heterocycles. The minimum Gasteiger partial charge on any atom is -0.412 e. The molecule has 0 aliphatic carbocycles. The van der Waals surface area contributed by atoms with Gasteiger partial charge in [-0.15, -0.1) is 49.6 Å². The highest BCUT2D eigenvalue weighted by Gasteiger charge is 1.91. The molecule has 0 aliphatic heterocycles. The third kappa shape index (κ3) is 7.48. The Hall–Kier alpha value is -0.440. The molecule has 98 valence electrons. The van der Waals surface area contributed by atoms with Gasteiger partial charge in [-0.25, -0.2) is 0 Å². The van der Waals surface area contributed by atoms with E-state index in [0.29, 0.717) is 0 Å². The van der Waals surface area contributed by atoms with Gasteiger partial charge in [0.05, 0.1) is 0 Å². The lowest BCUT2D eigenvalue weighted by atomic mass is 10.1. The quantitative estimate of drug-likeness (QED) is 0.754. The monoisotopic (exact) mass is 316 g/mol. The van der Waals surface area contributed by atoms with Crippen molar-refractivity contribution >= 4 is 49.6 Å². The Morgan fingerprint density at radius 3 is 0.882 bits per heavy atom. The molecule has 0 spiro atoms. The molecule has 2 N–H and O–H groups in total. The molecule has 2 aromatic rings. The molecule has 0 amide bonds. The van der Waals surface area contributed by atoms with Gasteiger partial charge in [-0.3, -0.25) is 0 Å². The molecule has 0 bridgehead atoms. The van der Waals surface area contributed by atoms with E-state index in [1.54, 1.807) is 0 Å². The predicted octanol–water partition coefficient (Wildman–Crippen LogP) is 4.22. The Morgan fingerprint density at radius 2 is 0.647 bits per heavy atom. The van der Waals surface area contributed by atoms with Gasteiger partial charge in [0, 0.05) is 0 Å². The average molecular weight is 318 g/mol. The van der Waals surface area contributed by atoms with Gasteiger partial charge in [-0.05, 0) is 11.1 Å². The minimum atomic E-state index is 0. The minimum absolute atomic E-state index is 0. The van der Waals surface area contributed by atoms with Crippen molar-refractivity contribution in [2.45, 2.75) is 0 Å². The molecule has 0 radical (unpaired) electrons. The first-order valence-electron chi connectivity index (χ1n) is 4.07. The summed E-state index contributed by atoms with van der Waals surface area (Å²) in [5.41, 5.74) is 2.55. The van der Waals surface area contributed by atoms with Gasteiger partial charge in [0.2, 0.25) is 0 Å². The van der Waals surface area contributed by atoms with E-state index in [2.05, 4.69) is 48.5 Å². The zero-order valence-corrected chi connectivity index (χ0v) is 12.2. The zero-order valence-electron chi connectivity index (χ0n) is 8.91. The van der Waals surface area contributed by atoms with Crippen LogP contribution in [0.4, 0.5) is 0 Å². The van der Waals surface area contributed by atoms with E-state index in [1.807, 2.05) is 12.1 Å². The van der Waals surface area contributed by atoms with Crippen molar-refractivity contribution in [3.05, 3.63) is 60.7 Å². The molecule has 1 nitrogen and oxygen atoms in total. The highest BCUT2D eigenvalue weighted by molar-refractivity contribution is 5.86.